The van der Waals surface area contributed by atoms with Gasteiger partial charge in [0.25, 0.3) is 0 Å². The van der Waals surface area contributed by atoms with E-state index in [1.54, 1.807) is 6.20 Å². The van der Waals surface area contributed by atoms with Crippen molar-refractivity contribution in [3.05, 3.63) is 18.1 Å². The molecule has 1 heterocycles. The maximum atomic E-state index is 8.85. The Labute approximate surface area is 100 Å². The minimum Gasteiger partial charge on any atom is -0.365 e. The van der Waals surface area contributed by atoms with Crippen molar-refractivity contribution in [1.82, 2.24) is 9.97 Å². The molecule has 1 rings (SSSR count). The highest BCUT2D eigenvalue weighted by atomic mass is 32.2. The van der Waals surface area contributed by atoms with Gasteiger partial charge < -0.3 is 5.32 Å². The third kappa shape index (κ3) is 4.07. The molecule has 0 aromatic carbocycles. The van der Waals surface area contributed by atoms with E-state index in [2.05, 4.69) is 29.1 Å². The van der Waals surface area contributed by atoms with Crippen LogP contribution in [0.4, 0.5) is 5.82 Å². The summed E-state index contributed by atoms with van der Waals surface area (Å²) in [6.45, 7) is 4.24. The summed E-state index contributed by atoms with van der Waals surface area (Å²) in [5, 5.41) is 12.1. The normalized spacial score (nSPS) is 11.8. The molecule has 0 aliphatic carbocycles. The summed E-state index contributed by atoms with van der Waals surface area (Å²) in [4.78, 5) is 8.07. The summed E-state index contributed by atoms with van der Waals surface area (Å²) in [6.07, 6.45) is 4.18. The van der Waals surface area contributed by atoms with E-state index in [0.717, 1.165) is 17.9 Å². The Morgan fingerprint density at radius 2 is 2.25 bits per heavy atom. The lowest BCUT2D eigenvalue weighted by atomic mass is 10.2. The van der Waals surface area contributed by atoms with E-state index in [4.69, 9.17) is 5.26 Å². The zero-order valence-electron chi connectivity index (χ0n) is 9.60. The van der Waals surface area contributed by atoms with E-state index < -0.39 is 0 Å². The first-order valence-corrected chi connectivity index (χ1v) is 6.48. The van der Waals surface area contributed by atoms with Crippen molar-refractivity contribution in [3.8, 4) is 6.07 Å². The summed E-state index contributed by atoms with van der Waals surface area (Å²) >= 11 is 1.92. The number of anilines is 1. The monoisotopic (exact) mass is 236 g/mol. The number of thioether (sulfide) groups is 1. The first-order chi connectivity index (χ1) is 7.77. The van der Waals surface area contributed by atoms with Crippen LogP contribution in [0.25, 0.3) is 0 Å². The van der Waals surface area contributed by atoms with Gasteiger partial charge in [0, 0.05) is 18.4 Å². The molecule has 0 aliphatic rings. The topological polar surface area (TPSA) is 61.6 Å². The fourth-order valence-corrected chi connectivity index (χ4v) is 2.04. The van der Waals surface area contributed by atoms with Gasteiger partial charge in [0.1, 0.15) is 6.07 Å². The third-order valence-corrected chi connectivity index (χ3v) is 3.02. The zero-order valence-corrected chi connectivity index (χ0v) is 10.4. The Hall–Kier alpha value is -1.28. The summed E-state index contributed by atoms with van der Waals surface area (Å²) in [6, 6.07) is 2.34. The predicted octanol–water partition coefficient (Wildman–Crippen LogP) is 2.29. The van der Waals surface area contributed by atoms with Crippen LogP contribution in [-0.2, 0) is 0 Å². The molecule has 0 aliphatic heterocycles. The first-order valence-electron chi connectivity index (χ1n) is 5.33. The number of hydrogen-bond acceptors (Lipinski definition) is 5. The molecule has 86 valence electrons. The summed E-state index contributed by atoms with van der Waals surface area (Å²) in [5.41, 5.74) is 0.359. The molecule has 1 unspecified atom stereocenters. The van der Waals surface area contributed by atoms with E-state index >= 15 is 0 Å². The summed E-state index contributed by atoms with van der Waals surface area (Å²) < 4.78 is 0. The molecule has 0 saturated carbocycles. The highest BCUT2D eigenvalue weighted by Crippen LogP contribution is 2.11. The molecule has 0 fully saturated rings. The van der Waals surface area contributed by atoms with Crippen molar-refractivity contribution in [2.75, 3.05) is 16.8 Å². The van der Waals surface area contributed by atoms with E-state index in [0.29, 0.717) is 17.6 Å². The highest BCUT2D eigenvalue weighted by molar-refractivity contribution is 7.99. The second-order valence-electron chi connectivity index (χ2n) is 3.40. The maximum Gasteiger partial charge on any atom is 0.182 e. The number of rotatable bonds is 6. The smallest absolute Gasteiger partial charge is 0.182 e. The molecule has 1 atom stereocenters. The van der Waals surface area contributed by atoms with Crippen LogP contribution in [0.5, 0.6) is 0 Å². The molecule has 0 radical (unpaired) electrons. The molecule has 1 N–H and O–H groups in total. The van der Waals surface area contributed by atoms with Crippen molar-refractivity contribution in [2.45, 2.75) is 26.3 Å². The van der Waals surface area contributed by atoms with Crippen LogP contribution in [0.1, 0.15) is 26.0 Å². The molecular formula is C11H16N4S. The highest BCUT2D eigenvalue weighted by Gasteiger charge is 2.07. The van der Waals surface area contributed by atoms with Crippen molar-refractivity contribution < 1.29 is 0 Å². The molecule has 1 aromatic rings. The van der Waals surface area contributed by atoms with Gasteiger partial charge in [-0.25, -0.2) is 9.97 Å². The number of nitrogens with one attached hydrogen (secondary N) is 1. The SMILES string of the molecule is CCSCCC(C)Nc1nccnc1C#N. The van der Waals surface area contributed by atoms with E-state index in [9.17, 15) is 0 Å². The van der Waals surface area contributed by atoms with Crippen LogP contribution >= 0.6 is 11.8 Å². The van der Waals surface area contributed by atoms with E-state index in [-0.39, 0.29) is 0 Å². The Morgan fingerprint density at radius 3 is 2.94 bits per heavy atom. The summed E-state index contributed by atoms with van der Waals surface area (Å²) in [7, 11) is 0. The molecule has 1 aromatic heterocycles. The molecule has 4 nitrogen and oxygen atoms in total. The minimum atomic E-state index is 0.308. The second kappa shape index (κ2) is 7.07. The first kappa shape index (κ1) is 12.8. The van der Waals surface area contributed by atoms with Gasteiger partial charge in [-0.05, 0) is 24.9 Å². The van der Waals surface area contributed by atoms with Crippen LogP contribution < -0.4 is 5.32 Å². The molecule has 16 heavy (non-hydrogen) atoms. The number of aromatic nitrogens is 2. The molecule has 0 amide bonds. The predicted molar refractivity (Wildman–Crippen MR) is 67.4 cm³/mol. The molecule has 0 bridgehead atoms. The zero-order chi connectivity index (χ0) is 11.8. The molecule has 5 heteroatoms. The van der Waals surface area contributed by atoms with Gasteiger partial charge in [0.2, 0.25) is 0 Å². The van der Waals surface area contributed by atoms with Gasteiger partial charge in [-0.1, -0.05) is 6.92 Å². The lowest BCUT2D eigenvalue weighted by Gasteiger charge is -2.14. The largest absolute Gasteiger partial charge is 0.365 e. The molecular weight excluding hydrogens is 220 g/mol. The average molecular weight is 236 g/mol. The van der Waals surface area contributed by atoms with Crippen LogP contribution in [0.15, 0.2) is 12.4 Å². The van der Waals surface area contributed by atoms with E-state index in [1.165, 1.54) is 6.20 Å². The van der Waals surface area contributed by atoms with Gasteiger partial charge in [0.15, 0.2) is 11.5 Å². The van der Waals surface area contributed by atoms with Gasteiger partial charge in [-0.15, -0.1) is 0 Å². The van der Waals surface area contributed by atoms with Crippen LogP contribution in [-0.4, -0.2) is 27.5 Å². The quantitative estimate of drug-likeness (QED) is 0.768. The lowest BCUT2D eigenvalue weighted by Crippen LogP contribution is -2.18. The number of hydrogen-bond donors (Lipinski definition) is 1. The second-order valence-corrected chi connectivity index (χ2v) is 4.79. The number of nitriles is 1. The Balaban J connectivity index is 2.49. The van der Waals surface area contributed by atoms with Crippen molar-refractivity contribution in [3.63, 3.8) is 0 Å². The number of nitrogens with zero attached hydrogens (tertiary/aromatic N) is 3. The van der Waals surface area contributed by atoms with Gasteiger partial charge >= 0.3 is 0 Å². The van der Waals surface area contributed by atoms with Crippen molar-refractivity contribution in [1.29, 1.82) is 5.26 Å². The fourth-order valence-electron chi connectivity index (χ4n) is 1.24. The fraction of sp³-hybridized carbons (Fsp3) is 0.545. The lowest BCUT2D eigenvalue weighted by molar-refractivity contribution is 0.764. The van der Waals surface area contributed by atoms with Gasteiger partial charge in [-0.2, -0.15) is 17.0 Å². The molecule has 0 spiro atoms. The van der Waals surface area contributed by atoms with Crippen LogP contribution in [0.2, 0.25) is 0 Å². The van der Waals surface area contributed by atoms with Crippen LogP contribution in [0.3, 0.4) is 0 Å². The Kier molecular flexibility index (Phi) is 5.65. The average Bonchev–Trinajstić information content (AvgIpc) is 2.30. The summed E-state index contributed by atoms with van der Waals surface area (Å²) in [5.74, 6) is 2.84. The van der Waals surface area contributed by atoms with Gasteiger partial charge in [-0.3, -0.25) is 0 Å². The Bertz CT molecular complexity index is 361. The maximum absolute atomic E-state index is 8.85. The Morgan fingerprint density at radius 1 is 1.50 bits per heavy atom. The van der Waals surface area contributed by atoms with Crippen molar-refractivity contribution in [2.24, 2.45) is 0 Å². The van der Waals surface area contributed by atoms with E-state index in [1.807, 2.05) is 17.8 Å². The van der Waals surface area contributed by atoms with Crippen molar-refractivity contribution >= 4 is 17.6 Å². The van der Waals surface area contributed by atoms with Crippen LogP contribution in [0, 0.1) is 11.3 Å². The molecule has 0 saturated heterocycles. The minimum absolute atomic E-state index is 0.308. The van der Waals surface area contributed by atoms with Gasteiger partial charge in [0.05, 0.1) is 0 Å². The standard InChI is InChI=1S/C11H16N4S/c1-3-16-7-4-9(2)15-11-10(8-12)13-5-6-14-11/h5-6,9H,3-4,7H2,1-2H3,(H,14,15). The third-order valence-electron chi connectivity index (χ3n) is 2.09.